The Morgan fingerprint density at radius 3 is 2.68 bits per heavy atom. The van der Waals surface area contributed by atoms with Gasteiger partial charge in [-0.15, -0.1) is 0 Å². The molecule has 0 saturated heterocycles. The molecule has 22 heavy (non-hydrogen) atoms. The number of nitrogens with one attached hydrogen (secondary N) is 1. The van der Waals surface area contributed by atoms with E-state index in [0.717, 1.165) is 5.56 Å². The number of amides is 1. The Morgan fingerprint density at radius 2 is 2.00 bits per heavy atom. The van der Waals surface area contributed by atoms with E-state index in [1.54, 1.807) is 19.2 Å². The molecule has 2 rings (SSSR count). The fraction of sp³-hybridized carbons (Fsp3) is 0.235. The van der Waals surface area contributed by atoms with E-state index in [0.29, 0.717) is 11.3 Å². The summed E-state index contributed by atoms with van der Waals surface area (Å²) >= 11 is 0. The molecule has 1 unspecified atom stereocenters. The van der Waals surface area contributed by atoms with Crippen molar-refractivity contribution >= 4 is 5.91 Å². The fourth-order valence-corrected chi connectivity index (χ4v) is 2.04. The third-order valence-corrected chi connectivity index (χ3v) is 3.25. The normalized spacial score (nSPS) is 11.8. The van der Waals surface area contributed by atoms with Gasteiger partial charge >= 0.3 is 0 Å². The second-order valence-electron chi connectivity index (χ2n) is 4.90. The quantitative estimate of drug-likeness (QED) is 0.860. The van der Waals surface area contributed by atoms with Crippen LogP contribution in [0.1, 0.15) is 17.2 Å². The Hall–Kier alpha value is -2.40. The minimum absolute atomic E-state index is 0.0778. The van der Waals surface area contributed by atoms with Gasteiger partial charge in [-0.2, -0.15) is 0 Å². The molecule has 0 saturated carbocycles. The molecule has 0 aliphatic heterocycles. The number of hydrogen-bond donors (Lipinski definition) is 2. The average Bonchev–Trinajstić information content (AvgIpc) is 2.53. The largest absolute Gasteiger partial charge is 0.497 e. The van der Waals surface area contributed by atoms with Crippen LogP contribution < -0.4 is 10.1 Å². The van der Waals surface area contributed by atoms with Crippen LogP contribution in [0.3, 0.4) is 0 Å². The van der Waals surface area contributed by atoms with Crippen LogP contribution in [0, 0.1) is 5.82 Å². The summed E-state index contributed by atoms with van der Waals surface area (Å²) in [6, 6.07) is 12.8. The van der Waals surface area contributed by atoms with Crippen LogP contribution in [0.4, 0.5) is 4.39 Å². The Bertz CT molecular complexity index is 628. The number of carbonyl (C=O) groups excluding carboxylic acids is 1. The molecule has 0 aliphatic rings. The summed E-state index contributed by atoms with van der Waals surface area (Å²) in [5.74, 6) is 0.129. The van der Waals surface area contributed by atoms with Crippen LogP contribution in [0.15, 0.2) is 48.5 Å². The maximum Gasteiger partial charge on any atom is 0.224 e. The number of methoxy groups -OCH3 is 1. The summed E-state index contributed by atoms with van der Waals surface area (Å²) < 4.78 is 17.9. The molecule has 0 radical (unpaired) electrons. The third-order valence-electron chi connectivity index (χ3n) is 3.25. The molecule has 2 aromatic carbocycles. The van der Waals surface area contributed by atoms with Crippen LogP contribution in [0.5, 0.6) is 5.75 Å². The summed E-state index contributed by atoms with van der Waals surface area (Å²) in [6.07, 6.45) is -0.664. The first kappa shape index (κ1) is 16.0. The van der Waals surface area contributed by atoms with E-state index in [-0.39, 0.29) is 24.7 Å². The van der Waals surface area contributed by atoms with Crippen molar-refractivity contribution in [2.24, 2.45) is 0 Å². The van der Waals surface area contributed by atoms with Gasteiger partial charge in [-0.05, 0) is 35.4 Å². The van der Waals surface area contributed by atoms with Gasteiger partial charge in [0.2, 0.25) is 5.91 Å². The Morgan fingerprint density at radius 1 is 1.27 bits per heavy atom. The highest BCUT2D eigenvalue weighted by molar-refractivity contribution is 5.78. The van der Waals surface area contributed by atoms with Gasteiger partial charge in [-0.1, -0.05) is 24.3 Å². The zero-order valence-corrected chi connectivity index (χ0v) is 12.3. The van der Waals surface area contributed by atoms with Gasteiger partial charge in [-0.3, -0.25) is 4.79 Å². The summed E-state index contributed by atoms with van der Waals surface area (Å²) in [7, 11) is 1.57. The monoisotopic (exact) mass is 303 g/mol. The number of rotatable bonds is 6. The van der Waals surface area contributed by atoms with Gasteiger partial charge in [0.15, 0.2) is 0 Å². The zero-order chi connectivity index (χ0) is 15.9. The molecular weight excluding hydrogens is 285 g/mol. The average molecular weight is 303 g/mol. The number of aliphatic hydroxyl groups excluding tert-OH is 1. The number of hydrogen-bond acceptors (Lipinski definition) is 3. The standard InChI is InChI=1S/C17H18FNO3/c1-22-15-4-2-3-12(9-15)10-17(21)19-11-16(20)13-5-7-14(18)8-6-13/h2-9,16,20H,10-11H2,1H3,(H,19,21). The lowest BCUT2D eigenvalue weighted by Crippen LogP contribution is -2.29. The molecule has 0 aliphatic carbocycles. The van der Waals surface area contributed by atoms with Gasteiger partial charge in [0.25, 0.3) is 0 Å². The van der Waals surface area contributed by atoms with Crippen LogP contribution in [-0.4, -0.2) is 24.7 Å². The first-order valence-electron chi connectivity index (χ1n) is 6.91. The lowest BCUT2D eigenvalue weighted by Gasteiger charge is -2.12. The first-order chi connectivity index (χ1) is 10.6. The van der Waals surface area contributed by atoms with Crippen molar-refractivity contribution in [2.75, 3.05) is 13.7 Å². The van der Waals surface area contributed by atoms with Crippen LogP contribution in [0.25, 0.3) is 0 Å². The fourth-order valence-electron chi connectivity index (χ4n) is 2.04. The highest BCUT2D eigenvalue weighted by Crippen LogP contribution is 2.14. The van der Waals surface area contributed by atoms with Crippen molar-refractivity contribution < 1.29 is 19.0 Å². The highest BCUT2D eigenvalue weighted by Gasteiger charge is 2.10. The molecule has 0 fully saturated rings. The van der Waals surface area contributed by atoms with E-state index >= 15 is 0 Å². The molecule has 5 heteroatoms. The minimum Gasteiger partial charge on any atom is -0.497 e. The maximum absolute atomic E-state index is 12.8. The lowest BCUT2D eigenvalue weighted by molar-refractivity contribution is -0.120. The number of benzene rings is 2. The van der Waals surface area contributed by atoms with Gasteiger partial charge in [0.05, 0.1) is 19.6 Å². The first-order valence-corrected chi connectivity index (χ1v) is 6.91. The summed E-state index contributed by atoms with van der Waals surface area (Å²) in [4.78, 5) is 11.9. The molecule has 116 valence electrons. The molecule has 0 bridgehead atoms. The van der Waals surface area contributed by atoms with Crippen molar-refractivity contribution in [3.05, 3.63) is 65.5 Å². The summed E-state index contributed by atoms with van der Waals surface area (Å²) in [6.45, 7) is 0.0778. The van der Waals surface area contributed by atoms with Crippen LogP contribution in [-0.2, 0) is 11.2 Å². The molecular formula is C17H18FNO3. The van der Waals surface area contributed by atoms with E-state index in [1.165, 1.54) is 24.3 Å². The molecule has 1 amide bonds. The predicted octanol–water partition coefficient (Wildman–Crippen LogP) is 2.23. The van der Waals surface area contributed by atoms with E-state index in [2.05, 4.69) is 5.32 Å². The van der Waals surface area contributed by atoms with E-state index in [1.807, 2.05) is 12.1 Å². The molecule has 2 aromatic rings. The zero-order valence-electron chi connectivity index (χ0n) is 12.3. The van der Waals surface area contributed by atoms with Crippen molar-refractivity contribution in [3.8, 4) is 5.75 Å². The minimum atomic E-state index is -0.866. The Kier molecular flexibility index (Phi) is 5.49. The SMILES string of the molecule is COc1cccc(CC(=O)NCC(O)c2ccc(F)cc2)c1. The summed E-state index contributed by atoms with van der Waals surface area (Å²) in [5.41, 5.74) is 1.39. The van der Waals surface area contributed by atoms with Crippen molar-refractivity contribution in [1.29, 1.82) is 0 Å². The van der Waals surface area contributed by atoms with E-state index < -0.39 is 6.10 Å². The smallest absolute Gasteiger partial charge is 0.224 e. The summed E-state index contributed by atoms with van der Waals surface area (Å²) in [5, 5.41) is 12.6. The van der Waals surface area contributed by atoms with E-state index in [4.69, 9.17) is 4.74 Å². The highest BCUT2D eigenvalue weighted by atomic mass is 19.1. The van der Waals surface area contributed by atoms with Gasteiger partial charge in [0.1, 0.15) is 11.6 Å². The third kappa shape index (κ3) is 4.56. The Labute approximate surface area is 128 Å². The Balaban J connectivity index is 1.85. The van der Waals surface area contributed by atoms with Gasteiger partial charge < -0.3 is 15.2 Å². The predicted molar refractivity (Wildman–Crippen MR) is 81.1 cm³/mol. The number of aliphatic hydroxyl groups is 1. The molecule has 4 nitrogen and oxygen atoms in total. The van der Waals surface area contributed by atoms with E-state index in [9.17, 15) is 14.3 Å². The molecule has 0 spiro atoms. The number of ether oxygens (including phenoxy) is 1. The maximum atomic E-state index is 12.8. The number of halogens is 1. The lowest BCUT2D eigenvalue weighted by atomic mass is 10.1. The number of carbonyl (C=O) groups is 1. The van der Waals surface area contributed by atoms with Crippen LogP contribution >= 0.6 is 0 Å². The molecule has 1 atom stereocenters. The molecule has 2 N–H and O–H groups in total. The second kappa shape index (κ2) is 7.56. The van der Waals surface area contributed by atoms with Crippen LogP contribution in [0.2, 0.25) is 0 Å². The van der Waals surface area contributed by atoms with Gasteiger partial charge in [0, 0.05) is 6.54 Å². The van der Waals surface area contributed by atoms with Crippen molar-refractivity contribution in [2.45, 2.75) is 12.5 Å². The molecule has 0 aromatic heterocycles. The topological polar surface area (TPSA) is 58.6 Å². The van der Waals surface area contributed by atoms with Crippen molar-refractivity contribution in [3.63, 3.8) is 0 Å². The second-order valence-corrected chi connectivity index (χ2v) is 4.90. The molecule has 0 heterocycles. The van der Waals surface area contributed by atoms with Gasteiger partial charge in [-0.25, -0.2) is 4.39 Å². The van der Waals surface area contributed by atoms with Crippen molar-refractivity contribution in [1.82, 2.24) is 5.32 Å².